The highest BCUT2D eigenvalue weighted by Crippen LogP contribution is 1.91. The topological polar surface area (TPSA) is 56.7 Å². The summed E-state index contributed by atoms with van der Waals surface area (Å²) in [6.45, 7) is 9.51. The van der Waals surface area contributed by atoms with E-state index in [4.69, 9.17) is 0 Å². The third-order valence-corrected chi connectivity index (χ3v) is 2.54. The van der Waals surface area contributed by atoms with E-state index in [1.165, 1.54) is 0 Å². The fourth-order valence-electron chi connectivity index (χ4n) is 1.08. The van der Waals surface area contributed by atoms with Gasteiger partial charge in [-0.05, 0) is 19.3 Å². The molecule has 0 aliphatic heterocycles. The molecule has 1 unspecified atom stereocenters. The Hall–Kier alpha value is -1.26. The summed E-state index contributed by atoms with van der Waals surface area (Å²) in [5, 5.41) is 6.53. The Labute approximate surface area is 111 Å². The molecule has 0 aromatic heterocycles. The second-order valence-corrected chi connectivity index (χ2v) is 5.18. The van der Waals surface area contributed by atoms with Crippen LogP contribution in [0.5, 0.6) is 0 Å². The van der Waals surface area contributed by atoms with Gasteiger partial charge in [0.2, 0.25) is 5.91 Å². The van der Waals surface area contributed by atoms with Crippen molar-refractivity contribution in [3.63, 3.8) is 0 Å². The summed E-state index contributed by atoms with van der Waals surface area (Å²) in [7, 11) is 3.47. The molecule has 0 radical (unpaired) electrons. The van der Waals surface area contributed by atoms with Gasteiger partial charge in [0.25, 0.3) is 0 Å². The number of amides is 1. The normalized spacial score (nSPS) is 13.4. The predicted molar refractivity (Wildman–Crippen MR) is 76.7 cm³/mol. The number of nitrogens with zero attached hydrogens (tertiary/aromatic N) is 2. The average molecular weight is 256 g/mol. The van der Waals surface area contributed by atoms with Gasteiger partial charge in [0, 0.05) is 26.7 Å². The molecule has 5 nitrogen and oxygen atoms in total. The van der Waals surface area contributed by atoms with Gasteiger partial charge in [-0.1, -0.05) is 20.8 Å². The van der Waals surface area contributed by atoms with Crippen LogP contribution in [-0.4, -0.2) is 50.0 Å². The van der Waals surface area contributed by atoms with Crippen molar-refractivity contribution in [2.24, 2.45) is 10.9 Å². The van der Waals surface area contributed by atoms with E-state index in [0.717, 1.165) is 13.0 Å². The SMILES string of the molecule is CCC(C)NC(=NCC(=O)N(C)C)NCC(C)C. The first-order valence-electron chi connectivity index (χ1n) is 6.61. The predicted octanol–water partition coefficient (Wildman–Crippen LogP) is 1.06. The lowest BCUT2D eigenvalue weighted by Crippen LogP contribution is -2.44. The molecular formula is C13H28N4O. The van der Waals surface area contributed by atoms with Crippen LogP contribution in [0.3, 0.4) is 0 Å². The Morgan fingerprint density at radius 1 is 1.28 bits per heavy atom. The number of guanidine groups is 1. The average Bonchev–Trinajstić information content (AvgIpc) is 2.31. The molecule has 0 aliphatic carbocycles. The first kappa shape index (κ1) is 16.7. The van der Waals surface area contributed by atoms with Crippen molar-refractivity contribution in [3.05, 3.63) is 0 Å². The smallest absolute Gasteiger partial charge is 0.243 e. The van der Waals surface area contributed by atoms with Gasteiger partial charge in [-0.25, -0.2) is 4.99 Å². The molecule has 0 heterocycles. The molecule has 0 aliphatic rings. The van der Waals surface area contributed by atoms with Crippen molar-refractivity contribution in [1.82, 2.24) is 15.5 Å². The number of rotatable bonds is 6. The van der Waals surface area contributed by atoms with Crippen molar-refractivity contribution in [3.8, 4) is 0 Å². The molecule has 0 rings (SSSR count). The maximum Gasteiger partial charge on any atom is 0.243 e. The van der Waals surface area contributed by atoms with Gasteiger partial charge in [0.15, 0.2) is 5.96 Å². The molecule has 0 spiro atoms. The van der Waals surface area contributed by atoms with Crippen LogP contribution in [0.25, 0.3) is 0 Å². The zero-order valence-corrected chi connectivity index (χ0v) is 12.6. The van der Waals surface area contributed by atoms with E-state index in [1.807, 2.05) is 0 Å². The largest absolute Gasteiger partial charge is 0.356 e. The zero-order valence-electron chi connectivity index (χ0n) is 12.6. The lowest BCUT2D eigenvalue weighted by atomic mass is 10.2. The second-order valence-electron chi connectivity index (χ2n) is 5.18. The van der Waals surface area contributed by atoms with Crippen molar-refractivity contribution in [1.29, 1.82) is 0 Å². The van der Waals surface area contributed by atoms with Gasteiger partial charge >= 0.3 is 0 Å². The third-order valence-electron chi connectivity index (χ3n) is 2.54. The molecule has 0 fully saturated rings. The number of hydrogen-bond donors (Lipinski definition) is 2. The number of carbonyl (C=O) groups is 1. The molecular weight excluding hydrogens is 228 g/mol. The third kappa shape index (κ3) is 7.92. The quantitative estimate of drug-likeness (QED) is 0.552. The van der Waals surface area contributed by atoms with Crippen molar-refractivity contribution < 1.29 is 4.79 Å². The molecule has 1 amide bonds. The van der Waals surface area contributed by atoms with Crippen molar-refractivity contribution in [2.75, 3.05) is 27.2 Å². The maximum absolute atomic E-state index is 11.5. The van der Waals surface area contributed by atoms with Gasteiger partial charge in [-0.3, -0.25) is 4.79 Å². The highest BCUT2D eigenvalue weighted by atomic mass is 16.2. The maximum atomic E-state index is 11.5. The molecule has 18 heavy (non-hydrogen) atoms. The minimum absolute atomic E-state index is 0.00444. The van der Waals surface area contributed by atoms with E-state index in [2.05, 4.69) is 43.3 Å². The van der Waals surface area contributed by atoms with Crippen LogP contribution >= 0.6 is 0 Å². The minimum atomic E-state index is 0.00444. The summed E-state index contributed by atoms with van der Waals surface area (Å²) in [5.74, 6) is 1.26. The van der Waals surface area contributed by atoms with E-state index in [0.29, 0.717) is 17.9 Å². The molecule has 0 aromatic carbocycles. The Morgan fingerprint density at radius 3 is 2.33 bits per heavy atom. The van der Waals surface area contributed by atoms with Crippen LogP contribution in [0.15, 0.2) is 4.99 Å². The van der Waals surface area contributed by atoms with Crippen LogP contribution in [0.4, 0.5) is 0 Å². The summed E-state index contributed by atoms with van der Waals surface area (Å²) in [5.41, 5.74) is 0. The fourth-order valence-corrected chi connectivity index (χ4v) is 1.08. The van der Waals surface area contributed by atoms with Crippen molar-refractivity contribution in [2.45, 2.75) is 40.2 Å². The van der Waals surface area contributed by atoms with Crippen molar-refractivity contribution >= 4 is 11.9 Å². The first-order chi connectivity index (χ1) is 8.36. The molecule has 1 atom stereocenters. The van der Waals surface area contributed by atoms with E-state index in [1.54, 1.807) is 19.0 Å². The summed E-state index contributed by atoms with van der Waals surface area (Å²) in [6, 6.07) is 0.345. The first-order valence-corrected chi connectivity index (χ1v) is 6.61. The summed E-state index contributed by atoms with van der Waals surface area (Å²) >= 11 is 0. The molecule has 2 N–H and O–H groups in total. The zero-order chi connectivity index (χ0) is 14.1. The van der Waals surface area contributed by atoms with Gasteiger partial charge in [-0.15, -0.1) is 0 Å². The monoisotopic (exact) mass is 256 g/mol. The highest BCUT2D eigenvalue weighted by molar-refractivity contribution is 5.84. The molecule has 0 saturated heterocycles. The van der Waals surface area contributed by atoms with Crippen LogP contribution in [-0.2, 0) is 4.79 Å². The van der Waals surface area contributed by atoms with Gasteiger partial charge in [0.1, 0.15) is 6.54 Å². The summed E-state index contributed by atoms with van der Waals surface area (Å²) in [6.07, 6.45) is 1.02. The van der Waals surface area contributed by atoms with Crippen LogP contribution in [0, 0.1) is 5.92 Å². The number of hydrogen-bond acceptors (Lipinski definition) is 2. The molecule has 5 heteroatoms. The van der Waals surface area contributed by atoms with Gasteiger partial charge < -0.3 is 15.5 Å². The number of carbonyl (C=O) groups excluding carboxylic acids is 1. The van der Waals surface area contributed by atoms with Crippen LogP contribution < -0.4 is 10.6 Å². The molecule has 106 valence electrons. The number of nitrogens with one attached hydrogen (secondary N) is 2. The Bertz CT molecular complexity index is 274. The number of aliphatic imine (C=N–C) groups is 1. The lowest BCUT2D eigenvalue weighted by Gasteiger charge is -2.18. The minimum Gasteiger partial charge on any atom is -0.356 e. The Morgan fingerprint density at radius 2 is 1.89 bits per heavy atom. The number of likely N-dealkylation sites (N-methyl/N-ethyl adjacent to an activating group) is 1. The molecule has 0 saturated carbocycles. The van der Waals surface area contributed by atoms with E-state index in [9.17, 15) is 4.79 Å². The lowest BCUT2D eigenvalue weighted by molar-refractivity contribution is -0.127. The van der Waals surface area contributed by atoms with Gasteiger partial charge in [0.05, 0.1) is 0 Å². The van der Waals surface area contributed by atoms with E-state index in [-0.39, 0.29) is 12.5 Å². The summed E-state index contributed by atoms with van der Waals surface area (Å²) in [4.78, 5) is 17.4. The fraction of sp³-hybridized carbons (Fsp3) is 0.846. The highest BCUT2D eigenvalue weighted by Gasteiger charge is 2.07. The standard InChI is InChI=1S/C13H28N4O/c1-7-11(4)16-13(14-8-10(2)3)15-9-12(18)17(5)6/h10-11H,7-9H2,1-6H3,(H2,14,15,16). The molecule has 0 bridgehead atoms. The van der Waals surface area contributed by atoms with Crippen LogP contribution in [0.1, 0.15) is 34.1 Å². The van der Waals surface area contributed by atoms with E-state index >= 15 is 0 Å². The Kier molecular flexibility index (Phi) is 8.16. The second kappa shape index (κ2) is 8.78. The van der Waals surface area contributed by atoms with Gasteiger partial charge in [-0.2, -0.15) is 0 Å². The van der Waals surface area contributed by atoms with E-state index < -0.39 is 0 Å². The summed E-state index contributed by atoms with van der Waals surface area (Å²) < 4.78 is 0. The molecule has 0 aromatic rings. The Balaban J connectivity index is 4.43. The van der Waals surface area contributed by atoms with Crippen LogP contribution in [0.2, 0.25) is 0 Å².